The van der Waals surface area contributed by atoms with Gasteiger partial charge in [-0.3, -0.25) is 0 Å². The molecule has 21 heavy (non-hydrogen) atoms. The van der Waals surface area contributed by atoms with Crippen molar-refractivity contribution in [3.05, 3.63) is 60.2 Å². The first-order chi connectivity index (χ1) is 10.3. The van der Waals surface area contributed by atoms with E-state index in [2.05, 4.69) is 60.5 Å². The van der Waals surface area contributed by atoms with Crippen LogP contribution in [-0.4, -0.2) is 29.6 Å². The molecule has 2 aromatic carbocycles. The van der Waals surface area contributed by atoms with Crippen LogP contribution in [0.1, 0.15) is 30.9 Å². The number of hydrogen-bond donors (Lipinski definition) is 1. The van der Waals surface area contributed by atoms with Crippen LogP contribution >= 0.6 is 0 Å². The third kappa shape index (κ3) is 3.17. The van der Waals surface area contributed by atoms with E-state index in [1.54, 1.807) is 0 Å². The summed E-state index contributed by atoms with van der Waals surface area (Å²) in [5.74, 6) is 0. The highest BCUT2D eigenvalue weighted by Gasteiger charge is 2.27. The summed E-state index contributed by atoms with van der Waals surface area (Å²) < 4.78 is 0. The summed E-state index contributed by atoms with van der Waals surface area (Å²) in [4.78, 5) is 2.29. The number of aliphatic hydroxyl groups excluding tert-OH is 1. The van der Waals surface area contributed by atoms with Gasteiger partial charge in [0.25, 0.3) is 0 Å². The van der Waals surface area contributed by atoms with Gasteiger partial charge in [-0.1, -0.05) is 61.0 Å². The third-order valence-electron chi connectivity index (χ3n) is 4.55. The van der Waals surface area contributed by atoms with Crippen LogP contribution in [0.25, 0.3) is 11.1 Å². The van der Waals surface area contributed by atoms with Gasteiger partial charge in [-0.05, 0) is 43.1 Å². The average molecular weight is 281 g/mol. The Morgan fingerprint density at radius 3 is 2.29 bits per heavy atom. The zero-order chi connectivity index (χ0) is 14.7. The molecule has 2 aromatic rings. The van der Waals surface area contributed by atoms with Crippen molar-refractivity contribution in [3.63, 3.8) is 0 Å². The molecule has 1 N–H and O–H groups in total. The first-order valence-electron chi connectivity index (χ1n) is 7.79. The second-order valence-corrected chi connectivity index (χ2v) is 5.98. The summed E-state index contributed by atoms with van der Waals surface area (Å²) >= 11 is 0. The van der Waals surface area contributed by atoms with Gasteiger partial charge < -0.3 is 10.0 Å². The lowest BCUT2D eigenvalue weighted by atomic mass is 9.92. The van der Waals surface area contributed by atoms with Crippen molar-refractivity contribution in [1.29, 1.82) is 0 Å². The van der Waals surface area contributed by atoms with Gasteiger partial charge in [0.2, 0.25) is 0 Å². The molecular formula is C19H23NO. The summed E-state index contributed by atoms with van der Waals surface area (Å²) in [5.41, 5.74) is 3.44. The third-order valence-corrected chi connectivity index (χ3v) is 4.55. The van der Waals surface area contributed by atoms with E-state index in [0.29, 0.717) is 0 Å². The Morgan fingerprint density at radius 1 is 0.952 bits per heavy atom. The van der Waals surface area contributed by atoms with E-state index < -0.39 is 0 Å². The smallest absolute Gasteiger partial charge is 0.0945 e. The fourth-order valence-electron chi connectivity index (χ4n) is 3.23. The van der Waals surface area contributed by atoms with Gasteiger partial charge >= 0.3 is 0 Å². The first-order valence-corrected chi connectivity index (χ1v) is 7.79. The van der Waals surface area contributed by atoms with Crippen LogP contribution in [0.2, 0.25) is 0 Å². The molecule has 0 spiro atoms. The highest BCUT2D eigenvalue weighted by Crippen LogP contribution is 2.29. The quantitative estimate of drug-likeness (QED) is 0.923. The van der Waals surface area contributed by atoms with Crippen molar-refractivity contribution in [2.45, 2.75) is 31.4 Å². The molecule has 1 aliphatic heterocycles. The number of benzene rings is 2. The lowest BCUT2D eigenvalue weighted by Gasteiger charge is -2.35. The minimum Gasteiger partial charge on any atom is -0.387 e. The van der Waals surface area contributed by atoms with Crippen molar-refractivity contribution in [2.75, 3.05) is 13.6 Å². The van der Waals surface area contributed by atoms with Crippen molar-refractivity contribution in [2.24, 2.45) is 0 Å². The maximum atomic E-state index is 10.6. The van der Waals surface area contributed by atoms with Gasteiger partial charge in [0.05, 0.1) is 6.10 Å². The van der Waals surface area contributed by atoms with Crippen LogP contribution in [-0.2, 0) is 0 Å². The van der Waals surface area contributed by atoms with E-state index in [1.165, 1.54) is 24.0 Å². The van der Waals surface area contributed by atoms with Crippen LogP contribution in [0.4, 0.5) is 0 Å². The number of aliphatic hydroxyl groups is 1. The van der Waals surface area contributed by atoms with E-state index in [0.717, 1.165) is 18.5 Å². The molecule has 0 amide bonds. The topological polar surface area (TPSA) is 23.5 Å². The van der Waals surface area contributed by atoms with Crippen molar-refractivity contribution in [3.8, 4) is 11.1 Å². The Labute approximate surface area is 127 Å². The van der Waals surface area contributed by atoms with Crippen LogP contribution < -0.4 is 0 Å². The SMILES string of the molecule is CN1CCCC[C@H]1[C@@H](O)c1ccc(-c2ccccc2)cc1. The molecule has 0 aromatic heterocycles. The average Bonchev–Trinajstić information content (AvgIpc) is 2.56. The molecule has 1 saturated heterocycles. The highest BCUT2D eigenvalue weighted by atomic mass is 16.3. The molecule has 0 unspecified atom stereocenters. The largest absolute Gasteiger partial charge is 0.387 e. The van der Waals surface area contributed by atoms with Gasteiger partial charge in [-0.2, -0.15) is 0 Å². The van der Waals surface area contributed by atoms with Crippen LogP contribution in [0, 0.1) is 0 Å². The summed E-state index contributed by atoms with van der Waals surface area (Å²) in [5, 5.41) is 10.6. The molecule has 1 heterocycles. The Balaban J connectivity index is 1.77. The summed E-state index contributed by atoms with van der Waals surface area (Å²) in [6.45, 7) is 1.09. The Kier molecular flexibility index (Phi) is 4.37. The Morgan fingerprint density at radius 2 is 1.62 bits per heavy atom. The number of likely N-dealkylation sites (tertiary alicyclic amines) is 1. The Hall–Kier alpha value is -1.64. The van der Waals surface area contributed by atoms with Crippen LogP contribution in [0.15, 0.2) is 54.6 Å². The Bertz CT molecular complexity index is 564. The number of piperidine rings is 1. The van der Waals surface area contributed by atoms with Crippen molar-refractivity contribution < 1.29 is 5.11 Å². The predicted octanol–water partition coefficient (Wildman–Crippen LogP) is 3.87. The highest BCUT2D eigenvalue weighted by molar-refractivity contribution is 5.63. The normalized spacial score (nSPS) is 21.1. The lowest BCUT2D eigenvalue weighted by molar-refractivity contribution is 0.0403. The molecular weight excluding hydrogens is 258 g/mol. The van der Waals surface area contributed by atoms with Crippen molar-refractivity contribution in [1.82, 2.24) is 4.90 Å². The van der Waals surface area contributed by atoms with Crippen LogP contribution in [0.3, 0.4) is 0 Å². The number of likely N-dealkylation sites (N-methyl/N-ethyl adjacent to an activating group) is 1. The number of hydrogen-bond acceptors (Lipinski definition) is 2. The van der Waals surface area contributed by atoms with Gasteiger partial charge in [-0.15, -0.1) is 0 Å². The van der Waals surface area contributed by atoms with Crippen molar-refractivity contribution >= 4 is 0 Å². The van der Waals surface area contributed by atoms with Gasteiger partial charge in [0, 0.05) is 6.04 Å². The first kappa shape index (κ1) is 14.3. The van der Waals surface area contributed by atoms with E-state index in [9.17, 15) is 5.11 Å². The molecule has 3 rings (SSSR count). The summed E-state index contributed by atoms with van der Waals surface area (Å²) in [6.07, 6.45) is 3.15. The van der Waals surface area contributed by atoms with E-state index in [1.807, 2.05) is 6.07 Å². The van der Waals surface area contributed by atoms with Gasteiger partial charge in [-0.25, -0.2) is 0 Å². The predicted molar refractivity (Wildman–Crippen MR) is 87.1 cm³/mol. The van der Waals surface area contributed by atoms with Crippen LogP contribution in [0.5, 0.6) is 0 Å². The van der Waals surface area contributed by atoms with Gasteiger partial charge in [0.15, 0.2) is 0 Å². The molecule has 2 atom stereocenters. The molecule has 2 nitrogen and oxygen atoms in total. The molecule has 0 saturated carbocycles. The summed E-state index contributed by atoms with van der Waals surface area (Å²) in [7, 11) is 2.12. The minimum absolute atomic E-state index is 0.251. The standard InChI is InChI=1S/C19H23NO/c1-20-14-6-5-9-18(20)19(21)17-12-10-16(11-13-17)15-7-3-2-4-8-15/h2-4,7-8,10-13,18-19,21H,5-6,9,14H2,1H3/t18-,19-/m0/s1. The second-order valence-electron chi connectivity index (χ2n) is 5.98. The molecule has 2 heteroatoms. The summed E-state index contributed by atoms with van der Waals surface area (Å²) in [6, 6.07) is 18.9. The fourth-order valence-corrected chi connectivity index (χ4v) is 3.23. The number of nitrogens with zero attached hydrogens (tertiary/aromatic N) is 1. The minimum atomic E-state index is -0.389. The molecule has 0 aliphatic carbocycles. The maximum Gasteiger partial charge on any atom is 0.0945 e. The van der Waals surface area contributed by atoms with Gasteiger partial charge in [0.1, 0.15) is 0 Å². The fraction of sp³-hybridized carbons (Fsp3) is 0.368. The monoisotopic (exact) mass is 281 g/mol. The molecule has 110 valence electrons. The molecule has 0 radical (unpaired) electrons. The second kappa shape index (κ2) is 6.42. The van der Waals surface area contributed by atoms with E-state index >= 15 is 0 Å². The zero-order valence-electron chi connectivity index (χ0n) is 12.6. The lowest BCUT2D eigenvalue weighted by Crippen LogP contribution is -2.40. The molecule has 1 aliphatic rings. The van der Waals surface area contributed by atoms with E-state index in [-0.39, 0.29) is 12.1 Å². The van der Waals surface area contributed by atoms with E-state index in [4.69, 9.17) is 0 Å². The molecule has 0 bridgehead atoms. The molecule has 1 fully saturated rings. The number of rotatable bonds is 3. The zero-order valence-corrected chi connectivity index (χ0v) is 12.6. The maximum absolute atomic E-state index is 10.6.